The summed E-state index contributed by atoms with van der Waals surface area (Å²) in [5.74, 6) is -10.6. The molecule has 0 aromatic rings. The maximum Gasteiger partial charge on any atom is 0.454 e. The van der Waals surface area contributed by atoms with Crippen molar-refractivity contribution in [2.24, 2.45) is 0 Å². The Morgan fingerprint density at radius 2 is 0.933 bits per heavy atom. The van der Waals surface area contributed by atoms with Crippen LogP contribution in [0.25, 0.3) is 0 Å². The topological polar surface area (TPSA) is 23.1 Å². The summed E-state index contributed by atoms with van der Waals surface area (Å²) in [5.41, 5.74) is 0. The van der Waals surface area contributed by atoms with E-state index in [0.29, 0.717) is 0 Å². The zero-order valence-corrected chi connectivity index (χ0v) is 18.2. The van der Waals surface area contributed by atoms with Gasteiger partial charge >= 0.3 is 24.2 Å². The smallest absolute Gasteiger partial charge is 0.454 e. The molecule has 182 valence electrons. The van der Waals surface area contributed by atoms with Crippen LogP contribution in [0.15, 0.2) is 0 Å². The van der Waals surface area contributed by atoms with E-state index in [1.807, 2.05) is 0 Å². The Bertz CT molecular complexity index is 471. The zero-order valence-electron chi connectivity index (χ0n) is 15.9. The Balaban J connectivity index is 5.59. The summed E-state index contributed by atoms with van der Waals surface area (Å²) >= 11 is 8.17. The van der Waals surface area contributed by atoms with E-state index in [4.69, 9.17) is 23.2 Å². The lowest BCUT2D eigenvalue weighted by Gasteiger charge is -2.33. The number of hydrogen-bond donors (Lipinski definition) is 0. The van der Waals surface area contributed by atoms with Crippen molar-refractivity contribution in [3.05, 3.63) is 0 Å². The van der Waals surface area contributed by atoms with E-state index >= 15 is 0 Å². The lowest BCUT2D eigenvalue weighted by atomic mass is 10.1. The third-order valence-corrected chi connectivity index (χ3v) is 7.44. The van der Waals surface area contributed by atoms with Crippen LogP contribution in [0.5, 0.6) is 0 Å². The van der Waals surface area contributed by atoms with Gasteiger partial charge in [-0.1, -0.05) is 26.7 Å². The highest BCUT2D eigenvalue weighted by atomic mass is 35.5. The second kappa shape index (κ2) is 11.4. The molecular weight excluding hydrogens is 501 g/mol. The summed E-state index contributed by atoms with van der Waals surface area (Å²) < 4.78 is 142. The quantitative estimate of drug-likeness (QED) is 0.148. The number of halogens is 12. The van der Waals surface area contributed by atoms with Crippen molar-refractivity contribution in [2.75, 3.05) is 0 Å². The van der Waals surface area contributed by atoms with Crippen LogP contribution in [-0.4, -0.2) is 50.0 Å². The van der Waals surface area contributed by atoms with Crippen LogP contribution in [0.1, 0.15) is 52.4 Å². The standard InChI is InChI=1S/C16H22Cl2F10OS/c1-3-5-9(7-11(17)13(19,20)15(23,24)25)30(29)10(6-4-2)8-12(18)14(21,22)16(26,27)28/h9-12H,3-8H2,1-2H3. The first kappa shape index (κ1) is 30.2. The largest absolute Gasteiger partial charge is 0.616 e. The monoisotopic (exact) mass is 522 g/mol. The van der Waals surface area contributed by atoms with Gasteiger partial charge in [-0.25, -0.2) is 0 Å². The van der Waals surface area contributed by atoms with Gasteiger partial charge in [-0.05, 0) is 24.0 Å². The molecule has 0 radical (unpaired) electrons. The second-order valence-electron chi connectivity index (χ2n) is 6.80. The first-order valence-electron chi connectivity index (χ1n) is 8.91. The fourth-order valence-corrected chi connectivity index (χ4v) is 5.82. The van der Waals surface area contributed by atoms with E-state index in [2.05, 4.69) is 0 Å². The molecule has 0 bridgehead atoms. The van der Waals surface area contributed by atoms with Gasteiger partial charge in [0.15, 0.2) is 0 Å². The van der Waals surface area contributed by atoms with E-state index < -0.39 is 69.5 Å². The van der Waals surface area contributed by atoms with Crippen LogP contribution >= 0.6 is 23.2 Å². The third kappa shape index (κ3) is 7.65. The molecule has 0 heterocycles. The summed E-state index contributed by atoms with van der Waals surface area (Å²) in [7, 11) is 0. The molecule has 0 aromatic heterocycles. The Morgan fingerprint density at radius 1 is 0.667 bits per heavy atom. The SMILES string of the molecule is CCCC(CC(Cl)C(F)(F)C(F)(F)F)[S+]([O-])C(CCC)CC(Cl)C(F)(F)C(F)(F)F. The second-order valence-corrected chi connectivity index (χ2v) is 9.84. The highest BCUT2D eigenvalue weighted by Gasteiger charge is 2.64. The van der Waals surface area contributed by atoms with Crippen LogP contribution in [-0.2, 0) is 11.2 Å². The molecule has 0 rings (SSSR count). The molecule has 14 heteroatoms. The molecule has 0 aliphatic carbocycles. The van der Waals surface area contributed by atoms with Gasteiger partial charge in [0.1, 0.15) is 21.3 Å². The van der Waals surface area contributed by atoms with Crippen LogP contribution in [0.4, 0.5) is 43.9 Å². The van der Waals surface area contributed by atoms with E-state index in [-0.39, 0.29) is 25.7 Å². The lowest BCUT2D eigenvalue weighted by Crippen LogP contribution is -2.48. The Labute approximate surface area is 181 Å². The first-order valence-corrected chi connectivity index (χ1v) is 11.1. The number of hydrogen-bond acceptors (Lipinski definition) is 1. The molecule has 0 amide bonds. The molecule has 0 aliphatic heterocycles. The van der Waals surface area contributed by atoms with E-state index in [1.54, 1.807) is 0 Å². The zero-order chi connectivity index (χ0) is 24.1. The van der Waals surface area contributed by atoms with Crippen molar-refractivity contribution >= 4 is 34.4 Å². The number of rotatable bonds is 12. The van der Waals surface area contributed by atoms with Gasteiger partial charge < -0.3 is 4.55 Å². The van der Waals surface area contributed by atoms with Gasteiger partial charge in [-0.15, -0.1) is 23.2 Å². The molecule has 30 heavy (non-hydrogen) atoms. The van der Waals surface area contributed by atoms with Gasteiger partial charge in [0, 0.05) is 12.8 Å². The van der Waals surface area contributed by atoms with Crippen molar-refractivity contribution in [1.29, 1.82) is 0 Å². The number of alkyl halides is 12. The average molecular weight is 523 g/mol. The van der Waals surface area contributed by atoms with E-state index in [1.165, 1.54) is 13.8 Å². The summed E-state index contributed by atoms with van der Waals surface area (Å²) in [6.07, 6.45) is -14.0. The van der Waals surface area contributed by atoms with Gasteiger partial charge in [0.05, 0.1) is 0 Å². The maximum absolute atomic E-state index is 13.4. The summed E-state index contributed by atoms with van der Waals surface area (Å²) in [6, 6.07) is 0. The highest BCUT2D eigenvalue weighted by Crippen LogP contribution is 2.45. The van der Waals surface area contributed by atoms with Crippen LogP contribution in [0.3, 0.4) is 0 Å². The Kier molecular flexibility index (Phi) is 11.4. The molecule has 4 unspecified atom stereocenters. The van der Waals surface area contributed by atoms with Gasteiger partial charge in [-0.2, -0.15) is 43.9 Å². The van der Waals surface area contributed by atoms with Crippen LogP contribution in [0, 0.1) is 0 Å². The molecule has 0 aromatic carbocycles. The third-order valence-electron chi connectivity index (χ3n) is 4.36. The molecule has 0 N–H and O–H groups in total. The minimum Gasteiger partial charge on any atom is -0.616 e. The molecule has 4 atom stereocenters. The first-order chi connectivity index (χ1) is 13.3. The van der Waals surface area contributed by atoms with Gasteiger partial charge in [-0.3, -0.25) is 0 Å². The van der Waals surface area contributed by atoms with Gasteiger partial charge in [0.25, 0.3) is 0 Å². The average Bonchev–Trinajstić information content (AvgIpc) is 2.57. The molecule has 0 fully saturated rings. The predicted molar refractivity (Wildman–Crippen MR) is 96.1 cm³/mol. The molecule has 0 spiro atoms. The van der Waals surface area contributed by atoms with Crippen LogP contribution < -0.4 is 0 Å². The maximum atomic E-state index is 13.4. The fourth-order valence-electron chi connectivity index (χ4n) is 2.69. The highest BCUT2D eigenvalue weighted by molar-refractivity contribution is 7.92. The lowest BCUT2D eigenvalue weighted by molar-refractivity contribution is -0.282. The van der Waals surface area contributed by atoms with Crippen molar-refractivity contribution in [3.63, 3.8) is 0 Å². The van der Waals surface area contributed by atoms with E-state index in [9.17, 15) is 48.5 Å². The summed E-state index contributed by atoms with van der Waals surface area (Å²) in [5, 5.41) is -8.32. The van der Waals surface area contributed by atoms with Crippen molar-refractivity contribution in [1.82, 2.24) is 0 Å². The minimum atomic E-state index is -5.96. The molecule has 0 saturated heterocycles. The van der Waals surface area contributed by atoms with Crippen molar-refractivity contribution in [2.45, 2.75) is 97.8 Å². The summed E-state index contributed by atoms with van der Waals surface area (Å²) in [4.78, 5) is 0. The van der Waals surface area contributed by atoms with Crippen LogP contribution in [0.2, 0.25) is 0 Å². The van der Waals surface area contributed by atoms with Gasteiger partial charge in [0.2, 0.25) is 0 Å². The van der Waals surface area contributed by atoms with Crippen molar-refractivity contribution in [3.8, 4) is 0 Å². The summed E-state index contributed by atoms with van der Waals surface area (Å²) in [6.45, 7) is 3.01. The molecule has 1 nitrogen and oxygen atoms in total. The molecule has 0 aliphatic rings. The molecular formula is C16H22Cl2F10OS. The van der Waals surface area contributed by atoms with Crippen molar-refractivity contribution < 1.29 is 48.5 Å². The fraction of sp³-hybridized carbons (Fsp3) is 1.00. The minimum absolute atomic E-state index is 0.146. The normalized spacial score (nSPS) is 19.3. The Morgan fingerprint density at radius 3 is 1.13 bits per heavy atom. The Hall–Kier alpha value is 0.190. The van der Waals surface area contributed by atoms with E-state index in [0.717, 1.165) is 0 Å². The predicted octanol–water partition coefficient (Wildman–Crippen LogP) is 7.46. The molecule has 0 saturated carbocycles.